The molecule has 0 spiro atoms. The predicted octanol–water partition coefficient (Wildman–Crippen LogP) is 19.7. The zero-order valence-electron chi connectivity index (χ0n) is 46.8. The van der Waals surface area contributed by atoms with E-state index in [4.69, 9.17) is 14.2 Å². The molecule has 0 aromatic rings. The molecule has 0 aliphatic rings. The highest BCUT2D eigenvalue weighted by Gasteiger charge is 2.19. The molecule has 0 bridgehead atoms. The second-order valence-electron chi connectivity index (χ2n) is 18.1. The lowest BCUT2D eigenvalue weighted by atomic mass is 10.1. The van der Waals surface area contributed by atoms with Gasteiger partial charge in [-0.1, -0.05) is 235 Å². The summed E-state index contributed by atoms with van der Waals surface area (Å²) in [5.74, 6) is -1.05. The summed E-state index contributed by atoms with van der Waals surface area (Å²) in [6.07, 6.45) is 90.7. The molecule has 410 valence electrons. The van der Waals surface area contributed by atoms with Crippen molar-refractivity contribution in [3.63, 3.8) is 0 Å². The van der Waals surface area contributed by atoms with Crippen LogP contribution in [0, 0.1) is 0 Å². The Labute approximate surface area is 453 Å². The average molecular weight is 1020 g/mol. The van der Waals surface area contributed by atoms with Gasteiger partial charge >= 0.3 is 17.9 Å². The standard InChI is InChI=1S/C68H102O6/c1-4-7-10-13-16-18-20-22-24-26-28-30-31-32-33-34-35-36-37-39-40-42-44-46-48-50-52-55-58-61-67(70)73-64-65(63-72-66(69)60-57-54-15-12-9-6-3)74-68(71)62-59-56-53-51-49-47-45-43-41-38-29-27-25-23-21-19-17-14-11-8-5-2/h7-8,10-11,16-19,22-25,28-30,32-33,35-36,38-40,43-46,49-52,65H,4-6,9,12-15,20-21,26-27,31,34,37,41-42,47-48,53-64H2,1-3H3/b10-7-,11-8-,18-16-,19-17-,24-22-,25-23-,30-28-,33-32-,36-35-,38-29-,40-39-,45-43-,46-44-,51-49-,52-50-. The van der Waals surface area contributed by atoms with Crippen LogP contribution in [0.5, 0.6) is 0 Å². The summed E-state index contributed by atoms with van der Waals surface area (Å²) in [4.78, 5) is 37.9. The molecule has 0 radical (unpaired) electrons. The molecule has 0 amide bonds. The van der Waals surface area contributed by atoms with Crippen molar-refractivity contribution in [1.82, 2.24) is 0 Å². The second kappa shape index (κ2) is 60.1. The number of carbonyl (C=O) groups excluding carboxylic acids is 3. The number of hydrogen-bond acceptors (Lipinski definition) is 6. The molecule has 0 fully saturated rings. The fourth-order valence-corrected chi connectivity index (χ4v) is 6.91. The highest BCUT2D eigenvalue weighted by atomic mass is 16.6. The van der Waals surface area contributed by atoms with Gasteiger partial charge in [-0.3, -0.25) is 14.4 Å². The molecule has 0 saturated carbocycles. The molecule has 74 heavy (non-hydrogen) atoms. The number of esters is 3. The number of carbonyl (C=O) groups is 3. The first-order valence-corrected chi connectivity index (χ1v) is 28.8. The van der Waals surface area contributed by atoms with E-state index in [1.165, 1.54) is 19.3 Å². The van der Waals surface area contributed by atoms with E-state index in [1.807, 2.05) is 0 Å². The summed E-state index contributed by atoms with van der Waals surface area (Å²) in [5.41, 5.74) is 0. The Hall–Kier alpha value is -5.49. The Morgan fingerprint density at radius 2 is 0.541 bits per heavy atom. The minimum atomic E-state index is -0.832. The normalized spacial score (nSPS) is 13.5. The lowest BCUT2D eigenvalue weighted by Gasteiger charge is -2.18. The summed E-state index contributed by atoms with van der Waals surface area (Å²) in [6.45, 7) is 6.23. The fourth-order valence-electron chi connectivity index (χ4n) is 6.91. The molecule has 0 aliphatic heterocycles. The fraction of sp³-hybridized carbons (Fsp3) is 0.515. The molecule has 1 unspecified atom stereocenters. The van der Waals surface area contributed by atoms with Crippen LogP contribution in [0.25, 0.3) is 0 Å². The summed E-state index contributed by atoms with van der Waals surface area (Å²) >= 11 is 0. The smallest absolute Gasteiger partial charge is 0.306 e. The van der Waals surface area contributed by atoms with Crippen LogP contribution in [-0.2, 0) is 28.6 Å². The first-order valence-electron chi connectivity index (χ1n) is 28.8. The second-order valence-corrected chi connectivity index (χ2v) is 18.1. The Morgan fingerprint density at radius 3 is 0.878 bits per heavy atom. The number of hydrogen-bond donors (Lipinski definition) is 0. The van der Waals surface area contributed by atoms with Crippen LogP contribution in [0.15, 0.2) is 182 Å². The summed E-state index contributed by atoms with van der Waals surface area (Å²) < 4.78 is 16.6. The van der Waals surface area contributed by atoms with E-state index in [9.17, 15) is 14.4 Å². The van der Waals surface area contributed by atoms with Gasteiger partial charge in [0.15, 0.2) is 6.10 Å². The van der Waals surface area contributed by atoms with Crippen molar-refractivity contribution in [2.45, 2.75) is 213 Å². The summed E-state index contributed by atoms with van der Waals surface area (Å²) in [7, 11) is 0. The van der Waals surface area contributed by atoms with Crippen LogP contribution in [-0.4, -0.2) is 37.2 Å². The highest BCUT2D eigenvalue weighted by Crippen LogP contribution is 2.11. The number of rotatable bonds is 49. The van der Waals surface area contributed by atoms with E-state index in [0.717, 1.165) is 135 Å². The molecular weight excluding hydrogens is 913 g/mol. The lowest BCUT2D eigenvalue weighted by molar-refractivity contribution is -0.167. The maximum atomic E-state index is 12.8. The van der Waals surface area contributed by atoms with Gasteiger partial charge in [0.1, 0.15) is 13.2 Å². The molecule has 0 aromatic heterocycles. The van der Waals surface area contributed by atoms with Crippen molar-refractivity contribution < 1.29 is 28.6 Å². The number of unbranched alkanes of at least 4 members (excludes halogenated alkanes) is 8. The van der Waals surface area contributed by atoms with Crippen LogP contribution >= 0.6 is 0 Å². The maximum Gasteiger partial charge on any atom is 0.306 e. The van der Waals surface area contributed by atoms with Crippen molar-refractivity contribution in [2.75, 3.05) is 13.2 Å². The van der Waals surface area contributed by atoms with Gasteiger partial charge in [0.25, 0.3) is 0 Å². The van der Waals surface area contributed by atoms with Crippen LogP contribution in [0.1, 0.15) is 207 Å². The summed E-state index contributed by atoms with van der Waals surface area (Å²) in [6, 6.07) is 0. The number of allylic oxidation sites excluding steroid dienone is 30. The first kappa shape index (κ1) is 68.5. The van der Waals surface area contributed by atoms with Gasteiger partial charge in [-0.15, -0.1) is 0 Å². The Balaban J connectivity index is 4.38. The monoisotopic (exact) mass is 1010 g/mol. The lowest BCUT2D eigenvalue weighted by Crippen LogP contribution is -2.30. The maximum absolute atomic E-state index is 12.8. The Kier molecular flexibility index (Phi) is 55.6. The molecule has 6 heteroatoms. The Bertz CT molecular complexity index is 1780. The zero-order chi connectivity index (χ0) is 53.6. The molecule has 0 aliphatic carbocycles. The van der Waals surface area contributed by atoms with Gasteiger partial charge in [-0.05, 0) is 135 Å². The van der Waals surface area contributed by atoms with E-state index >= 15 is 0 Å². The molecule has 0 aromatic carbocycles. The van der Waals surface area contributed by atoms with Crippen LogP contribution in [0.2, 0.25) is 0 Å². The van der Waals surface area contributed by atoms with Crippen molar-refractivity contribution in [2.24, 2.45) is 0 Å². The van der Waals surface area contributed by atoms with Crippen molar-refractivity contribution >= 4 is 17.9 Å². The van der Waals surface area contributed by atoms with Crippen LogP contribution in [0.3, 0.4) is 0 Å². The molecule has 0 rings (SSSR count). The molecule has 0 heterocycles. The van der Waals surface area contributed by atoms with Gasteiger partial charge in [-0.2, -0.15) is 0 Å². The van der Waals surface area contributed by atoms with E-state index in [0.29, 0.717) is 19.3 Å². The molecule has 1 atom stereocenters. The predicted molar refractivity (Wildman–Crippen MR) is 320 cm³/mol. The highest BCUT2D eigenvalue weighted by molar-refractivity contribution is 5.71. The summed E-state index contributed by atoms with van der Waals surface area (Å²) in [5, 5.41) is 0. The minimum absolute atomic E-state index is 0.123. The first-order chi connectivity index (χ1) is 36.5. The van der Waals surface area contributed by atoms with E-state index in [2.05, 4.69) is 203 Å². The van der Waals surface area contributed by atoms with Gasteiger partial charge in [0.05, 0.1) is 0 Å². The van der Waals surface area contributed by atoms with Gasteiger partial charge in [0.2, 0.25) is 0 Å². The van der Waals surface area contributed by atoms with Crippen molar-refractivity contribution in [3.8, 4) is 0 Å². The van der Waals surface area contributed by atoms with Crippen LogP contribution < -0.4 is 0 Å². The van der Waals surface area contributed by atoms with Crippen molar-refractivity contribution in [3.05, 3.63) is 182 Å². The van der Waals surface area contributed by atoms with Gasteiger partial charge < -0.3 is 14.2 Å². The largest absolute Gasteiger partial charge is 0.462 e. The Morgan fingerprint density at radius 1 is 0.284 bits per heavy atom. The van der Waals surface area contributed by atoms with E-state index in [-0.39, 0.29) is 44.0 Å². The zero-order valence-corrected chi connectivity index (χ0v) is 46.8. The topological polar surface area (TPSA) is 78.9 Å². The van der Waals surface area contributed by atoms with Gasteiger partial charge in [0, 0.05) is 19.3 Å². The van der Waals surface area contributed by atoms with E-state index in [1.54, 1.807) is 0 Å². The van der Waals surface area contributed by atoms with E-state index < -0.39 is 6.10 Å². The quantitative estimate of drug-likeness (QED) is 0.0261. The third-order valence-electron chi connectivity index (χ3n) is 11.2. The molecule has 0 N–H and O–H groups in total. The SMILES string of the molecule is CC/C=C\C/C=C\C/C=C\C/C=C\C/C=C\C/C=C\C/C=C\C/C=C\C/C=C\CCCC(=O)OCC(COC(=O)CCCCCCCC)OC(=O)CCCC/C=C\C/C=C\C/C=C\C/C=C\C/C=C\C/C=C\CC. The van der Waals surface area contributed by atoms with Crippen LogP contribution in [0.4, 0.5) is 0 Å². The third kappa shape index (κ3) is 57.4. The molecule has 0 saturated heterocycles. The third-order valence-corrected chi connectivity index (χ3v) is 11.2. The van der Waals surface area contributed by atoms with Gasteiger partial charge in [-0.25, -0.2) is 0 Å². The molecule has 6 nitrogen and oxygen atoms in total. The molecular formula is C68H102O6. The number of ether oxygens (including phenoxy) is 3. The minimum Gasteiger partial charge on any atom is -0.462 e. The van der Waals surface area contributed by atoms with Crippen molar-refractivity contribution in [1.29, 1.82) is 0 Å². The average Bonchev–Trinajstić information content (AvgIpc) is 3.40.